The minimum absolute atomic E-state index is 0. The monoisotopic (exact) mass is 278 g/mol. The highest BCUT2D eigenvalue weighted by atomic mass is 35.5. The van der Waals surface area contributed by atoms with Gasteiger partial charge in [-0.1, -0.05) is 6.07 Å². The zero-order chi connectivity index (χ0) is 12.3. The molecular weight excluding hydrogens is 262 g/mol. The predicted molar refractivity (Wildman–Crippen MR) is 68.5 cm³/mol. The third-order valence-electron chi connectivity index (χ3n) is 3.08. The van der Waals surface area contributed by atoms with Gasteiger partial charge in [0.05, 0.1) is 6.04 Å². The summed E-state index contributed by atoms with van der Waals surface area (Å²) in [5.74, 6) is -0.685. The molecule has 1 saturated heterocycles. The maximum absolute atomic E-state index is 13.7. The van der Waals surface area contributed by atoms with E-state index in [4.69, 9.17) is 5.11 Å². The number of piperazine rings is 1. The fourth-order valence-corrected chi connectivity index (χ4v) is 2.16. The van der Waals surface area contributed by atoms with E-state index < -0.39 is 18.5 Å². The first-order valence-corrected chi connectivity index (χ1v) is 5.71. The Balaban J connectivity index is 0.00000162. The van der Waals surface area contributed by atoms with E-state index in [1.165, 1.54) is 12.1 Å². The quantitative estimate of drug-likeness (QED) is 0.886. The van der Waals surface area contributed by atoms with Crippen LogP contribution in [-0.4, -0.2) is 42.9 Å². The van der Waals surface area contributed by atoms with Gasteiger partial charge in [-0.2, -0.15) is 0 Å². The number of nitrogens with one attached hydrogen (secondary N) is 1. The zero-order valence-electron chi connectivity index (χ0n) is 9.90. The van der Waals surface area contributed by atoms with Crippen LogP contribution in [0.1, 0.15) is 11.6 Å². The molecule has 1 fully saturated rings. The summed E-state index contributed by atoms with van der Waals surface area (Å²) in [7, 11) is 0. The molecule has 3 nitrogen and oxygen atoms in total. The zero-order valence-corrected chi connectivity index (χ0v) is 10.7. The Bertz CT molecular complexity index is 386. The predicted octanol–water partition coefficient (Wildman–Crippen LogP) is 1.87. The fourth-order valence-electron chi connectivity index (χ4n) is 2.16. The van der Waals surface area contributed by atoms with Crippen molar-refractivity contribution in [2.75, 3.05) is 32.9 Å². The second kappa shape index (κ2) is 6.87. The average Bonchev–Trinajstić information content (AvgIpc) is 2.34. The van der Waals surface area contributed by atoms with Crippen molar-refractivity contribution in [1.82, 2.24) is 10.2 Å². The summed E-state index contributed by atoms with van der Waals surface area (Å²) in [6.07, 6.45) is 0. The van der Waals surface area contributed by atoms with Gasteiger partial charge in [0, 0.05) is 37.8 Å². The number of phenolic OH excluding ortho intramolecular Hbond substituents is 1. The number of alkyl halides is 1. The summed E-state index contributed by atoms with van der Waals surface area (Å²) in [4.78, 5) is 1.92. The highest BCUT2D eigenvalue weighted by molar-refractivity contribution is 5.85. The molecule has 0 aliphatic carbocycles. The molecule has 0 amide bonds. The van der Waals surface area contributed by atoms with E-state index in [2.05, 4.69) is 5.32 Å². The molecule has 1 aromatic carbocycles. The van der Waals surface area contributed by atoms with Crippen LogP contribution < -0.4 is 5.32 Å². The molecule has 0 aromatic heterocycles. The third-order valence-corrected chi connectivity index (χ3v) is 3.08. The summed E-state index contributed by atoms with van der Waals surface area (Å²) >= 11 is 0. The lowest BCUT2D eigenvalue weighted by Crippen LogP contribution is -2.45. The van der Waals surface area contributed by atoms with E-state index in [-0.39, 0.29) is 18.2 Å². The molecule has 1 aliphatic heterocycles. The molecule has 102 valence electrons. The number of aromatic hydroxyl groups is 1. The molecule has 1 heterocycles. The van der Waals surface area contributed by atoms with Gasteiger partial charge in [-0.15, -0.1) is 12.4 Å². The van der Waals surface area contributed by atoms with Crippen LogP contribution in [0.5, 0.6) is 5.75 Å². The Morgan fingerprint density at radius 3 is 2.56 bits per heavy atom. The van der Waals surface area contributed by atoms with Gasteiger partial charge in [-0.05, 0) is 6.07 Å². The minimum atomic E-state index is -0.623. The molecule has 2 rings (SSSR count). The molecule has 0 saturated carbocycles. The van der Waals surface area contributed by atoms with Gasteiger partial charge in [0.15, 0.2) is 0 Å². The summed E-state index contributed by atoms with van der Waals surface area (Å²) in [6, 6.07) is 3.32. The number of benzene rings is 1. The molecule has 0 unspecified atom stereocenters. The Kier molecular flexibility index (Phi) is 5.78. The molecule has 1 aromatic rings. The van der Waals surface area contributed by atoms with Gasteiger partial charge in [0.1, 0.15) is 18.2 Å². The maximum Gasteiger partial charge on any atom is 0.131 e. The van der Waals surface area contributed by atoms with E-state index in [1.54, 1.807) is 0 Å². The number of phenols is 1. The molecule has 1 atom stereocenters. The van der Waals surface area contributed by atoms with Crippen LogP contribution in [0.15, 0.2) is 18.2 Å². The molecular formula is C12H17ClF2N2O. The van der Waals surface area contributed by atoms with E-state index in [0.29, 0.717) is 18.7 Å². The number of rotatable bonds is 3. The van der Waals surface area contributed by atoms with Gasteiger partial charge in [-0.25, -0.2) is 8.78 Å². The van der Waals surface area contributed by atoms with E-state index in [9.17, 15) is 8.78 Å². The van der Waals surface area contributed by atoms with Crippen molar-refractivity contribution in [3.63, 3.8) is 0 Å². The van der Waals surface area contributed by atoms with Crippen LogP contribution in [-0.2, 0) is 0 Å². The molecule has 0 spiro atoms. The Hall–Kier alpha value is -0.910. The molecule has 0 bridgehead atoms. The second-order valence-corrected chi connectivity index (χ2v) is 4.16. The maximum atomic E-state index is 13.7. The number of halogens is 3. The van der Waals surface area contributed by atoms with Crippen LogP contribution >= 0.6 is 12.4 Å². The van der Waals surface area contributed by atoms with Gasteiger partial charge in [0.25, 0.3) is 0 Å². The summed E-state index contributed by atoms with van der Waals surface area (Å²) in [6.45, 7) is 2.36. The van der Waals surface area contributed by atoms with Crippen molar-refractivity contribution in [1.29, 1.82) is 0 Å². The van der Waals surface area contributed by atoms with Crippen LogP contribution in [0.25, 0.3) is 0 Å². The van der Waals surface area contributed by atoms with Gasteiger partial charge >= 0.3 is 0 Å². The largest absolute Gasteiger partial charge is 0.508 e. The summed E-state index contributed by atoms with van der Waals surface area (Å²) in [5.41, 5.74) is 0.312. The van der Waals surface area contributed by atoms with Crippen LogP contribution in [0.3, 0.4) is 0 Å². The minimum Gasteiger partial charge on any atom is -0.508 e. The first-order chi connectivity index (χ1) is 8.22. The lowest BCUT2D eigenvalue weighted by molar-refractivity contribution is 0.144. The first kappa shape index (κ1) is 15.1. The Labute approximate surface area is 111 Å². The third kappa shape index (κ3) is 3.31. The Morgan fingerprint density at radius 1 is 1.33 bits per heavy atom. The number of hydrogen-bond acceptors (Lipinski definition) is 3. The lowest BCUT2D eigenvalue weighted by Gasteiger charge is -2.33. The number of hydrogen-bond donors (Lipinski definition) is 2. The van der Waals surface area contributed by atoms with Crippen LogP contribution in [0.4, 0.5) is 8.78 Å². The molecule has 2 N–H and O–H groups in total. The normalized spacial score (nSPS) is 18.1. The SMILES string of the molecule is Cl.Oc1ccc([C@@H](CF)N2CCNCC2)c(F)c1. The van der Waals surface area contributed by atoms with Crippen molar-refractivity contribution in [2.24, 2.45) is 0 Å². The second-order valence-electron chi connectivity index (χ2n) is 4.16. The highest BCUT2D eigenvalue weighted by Crippen LogP contribution is 2.26. The molecule has 1 aliphatic rings. The summed E-state index contributed by atoms with van der Waals surface area (Å²) in [5, 5.41) is 12.3. The van der Waals surface area contributed by atoms with E-state index >= 15 is 0 Å². The number of nitrogens with zero attached hydrogens (tertiary/aromatic N) is 1. The van der Waals surface area contributed by atoms with E-state index in [1.807, 2.05) is 4.90 Å². The van der Waals surface area contributed by atoms with Gasteiger partial charge in [-0.3, -0.25) is 4.90 Å². The first-order valence-electron chi connectivity index (χ1n) is 5.71. The summed E-state index contributed by atoms with van der Waals surface area (Å²) < 4.78 is 26.8. The van der Waals surface area contributed by atoms with Crippen LogP contribution in [0, 0.1) is 5.82 Å². The molecule has 6 heteroatoms. The Morgan fingerprint density at radius 2 is 2.00 bits per heavy atom. The fraction of sp³-hybridized carbons (Fsp3) is 0.500. The standard InChI is InChI=1S/C12H16F2N2O.ClH/c13-8-12(16-5-3-15-4-6-16)10-2-1-9(17)7-11(10)14;/h1-2,7,12,15,17H,3-6,8H2;1H/t12-;/m1./s1. The average molecular weight is 279 g/mol. The van der Waals surface area contributed by atoms with Crippen molar-refractivity contribution in [3.8, 4) is 5.75 Å². The van der Waals surface area contributed by atoms with Gasteiger partial charge < -0.3 is 10.4 Å². The van der Waals surface area contributed by atoms with Crippen LogP contribution in [0.2, 0.25) is 0 Å². The van der Waals surface area contributed by atoms with Crippen molar-refractivity contribution in [2.45, 2.75) is 6.04 Å². The molecule has 18 heavy (non-hydrogen) atoms. The van der Waals surface area contributed by atoms with Crippen molar-refractivity contribution < 1.29 is 13.9 Å². The van der Waals surface area contributed by atoms with E-state index in [0.717, 1.165) is 19.2 Å². The highest BCUT2D eigenvalue weighted by Gasteiger charge is 2.24. The van der Waals surface area contributed by atoms with Crippen molar-refractivity contribution >= 4 is 12.4 Å². The smallest absolute Gasteiger partial charge is 0.131 e. The lowest BCUT2D eigenvalue weighted by atomic mass is 10.0. The topological polar surface area (TPSA) is 35.5 Å². The van der Waals surface area contributed by atoms with Gasteiger partial charge in [0.2, 0.25) is 0 Å². The van der Waals surface area contributed by atoms with Crippen molar-refractivity contribution in [3.05, 3.63) is 29.6 Å². The molecule has 0 radical (unpaired) electrons.